The topological polar surface area (TPSA) is 64.1 Å². The van der Waals surface area contributed by atoms with Gasteiger partial charge in [0.25, 0.3) is 5.91 Å². The van der Waals surface area contributed by atoms with Crippen LogP contribution >= 0.6 is 11.3 Å². The van der Waals surface area contributed by atoms with E-state index in [0.717, 1.165) is 16.1 Å². The Morgan fingerprint density at radius 2 is 2.12 bits per heavy atom. The van der Waals surface area contributed by atoms with Gasteiger partial charge in [0.1, 0.15) is 0 Å². The van der Waals surface area contributed by atoms with E-state index in [-0.39, 0.29) is 12.4 Å². The second-order valence-electron chi connectivity index (χ2n) is 4.94. The number of nitrogens with one attached hydrogen (secondary N) is 1. The van der Waals surface area contributed by atoms with E-state index in [0.29, 0.717) is 5.13 Å². The maximum absolute atomic E-state index is 13.4. The molecule has 0 bridgehead atoms. The Morgan fingerprint density at radius 1 is 1.29 bits per heavy atom. The van der Waals surface area contributed by atoms with Gasteiger partial charge < -0.3 is 4.74 Å². The molecule has 1 N–H and O–H groups in total. The molecule has 0 radical (unpaired) electrons. The van der Waals surface area contributed by atoms with Gasteiger partial charge in [-0.15, -0.1) is 0 Å². The SMILES string of the molecule is Cc1nc(NC(=O)COc2ccccc2F)sc1-c1cccnc1. The molecule has 0 fully saturated rings. The monoisotopic (exact) mass is 343 g/mol. The van der Waals surface area contributed by atoms with Gasteiger partial charge in [-0.25, -0.2) is 9.37 Å². The summed E-state index contributed by atoms with van der Waals surface area (Å²) in [5, 5.41) is 3.13. The van der Waals surface area contributed by atoms with Crippen LogP contribution in [0.5, 0.6) is 5.75 Å². The van der Waals surface area contributed by atoms with Gasteiger partial charge in [0.2, 0.25) is 0 Å². The zero-order valence-electron chi connectivity index (χ0n) is 12.8. The maximum Gasteiger partial charge on any atom is 0.264 e. The summed E-state index contributed by atoms with van der Waals surface area (Å²) in [5.41, 5.74) is 1.74. The van der Waals surface area contributed by atoms with Crippen LogP contribution in [-0.4, -0.2) is 22.5 Å². The summed E-state index contributed by atoms with van der Waals surface area (Å²) in [6, 6.07) is 9.71. The minimum atomic E-state index is -0.505. The second kappa shape index (κ2) is 7.18. The molecule has 1 amide bonds. The molecular formula is C17H14FN3O2S. The van der Waals surface area contributed by atoms with E-state index in [1.54, 1.807) is 24.5 Å². The molecule has 5 nitrogen and oxygen atoms in total. The Hall–Kier alpha value is -2.80. The Labute approximate surface area is 142 Å². The molecule has 122 valence electrons. The van der Waals surface area contributed by atoms with Crippen molar-refractivity contribution in [1.29, 1.82) is 0 Å². The summed E-state index contributed by atoms with van der Waals surface area (Å²) in [4.78, 5) is 21.3. The van der Waals surface area contributed by atoms with Gasteiger partial charge in [0.05, 0.1) is 10.6 Å². The summed E-state index contributed by atoms with van der Waals surface area (Å²) in [7, 11) is 0. The Bertz CT molecular complexity index is 852. The highest BCUT2D eigenvalue weighted by atomic mass is 32.1. The number of aryl methyl sites for hydroxylation is 1. The van der Waals surface area contributed by atoms with E-state index in [4.69, 9.17) is 4.74 Å². The summed E-state index contributed by atoms with van der Waals surface area (Å²) >= 11 is 1.35. The van der Waals surface area contributed by atoms with Crippen molar-refractivity contribution in [3.8, 4) is 16.2 Å². The number of carbonyl (C=O) groups is 1. The summed E-state index contributed by atoms with van der Waals surface area (Å²) in [5.74, 6) is -0.863. The lowest BCUT2D eigenvalue weighted by Crippen LogP contribution is -2.20. The molecule has 2 aromatic heterocycles. The van der Waals surface area contributed by atoms with Crippen molar-refractivity contribution in [2.75, 3.05) is 11.9 Å². The number of hydrogen-bond acceptors (Lipinski definition) is 5. The fourth-order valence-electron chi connectivity index (χ4n) is 2.08. The van der Waals surface area contributed by atoms with E-state index < -0.39 is 11.7 Å². The Balaban J connectivity index is 1.64. The number of rotatable bonds is 5. The molecule has 24 heavy (non-hydrogen) atoms. The van der Waals surface area contributed by atoms with Gasteiger partial charge in [0.15, 0.2) is 23.3 Å². The van der Waals surface area contributed by atoms with Crippen molar-refractivity contribution in [1.82, 2.24) is 9.97 Å². The van der Waals surface area contributed by atoms with Crippen molar-refractivity contribution in [3.63, 3.8) is 0 Å². The normalized spacial score (nSPS) is 10.4. The third-order valence-corrected chi connectivity index (χ3v) is 4.28. The van der Waals surface area contributed by atoms with Crippen molar-refractivity contribution in [2.24, 2.45) is 0 Å². The molecule has 0 aliphatic rings. The number of benzene rings is 1. The molecule has 0 aliphatic carbocycles. The molecule has 0 unspecified atom stereocenters. The van der Waals surface area contributed by atoms with Crippen molar-refractivity contribution < 1.29 is 13.9 Å². The average Bonchev–Trinajstić information content (AvgIpc) is 2.95. The smallest absolute Gasteiger partial charge is 0.264 e. The van der Waals surface area contributed by atoms with Gasteiger partial charge in [-0.3, -0.25) is 15.1 Å². The second-order valence-corrected chi connectivity index (χ2v) is 5.94. The first-order valence-corrected chi connectivity index (χ1v) is 8.00. The molecule has 0 atom stereocenters. The highest BCUT2D eigenvalue weighted by molar-refractivity contribution is 7.19. The molecule has 3 aromatic rings. The Kier molecular flexibility index (Phi) is 4.81. The number of halogens is 1. The third-order valence-electron chi connectivity index (χ3n) is 3.16. The number of hydrogen-bond donors (Lipinski definition) is 1. The first kappa shape index (κ1) is 16.1. The predicted octanol–water partition coefficient (Wildman–Crippen LogP) is 3.67. The van der Waals surface area contributed by atoms with E-state index in [2.05, 4.69) is 15.3 Å². The number of amides is 1. The quantitative estimate of drug-likeness (QED) is 0.768. The van der Waals surface area contributed by atoms with Gasteiger partial charge in [-0.05, 0) is 25.1 Å². The number of para-hydroxylation sites is 1. The van der Waals surface area contributed by atoms with Gasteiger partial charge >= 0.3 is 0 Å². The van der Waals surface area contributed by atoms with Crippen molar-refractivity contribution in [2.45, 2.75) is 6.92 Å². The van der Waals surface area contributed by atoms with Crippen molar-refractivity contribution >= 4 is 22.4 Å². The number of ether oxygens (including phenoxy) is 1. The summed E-state index contributed by atoms with van der Waals surface area (Å²) < 4.78 is 18.6. The lowest BCUT2D eigenvalue weighted by atomic mass is 10.2. The molecule has 1 aromatic carbocycles. The molecule has 3 rings (SSSR count). The van der Waals surface area contributed by atoms with Crippen molar-refractivity contribution in [3.05, 3.63) is 60.3 Å². The zero-order valence-corrected chi connectivity index (χ0v) is 13.6. The van der Waals surface area contributed by atoms with Crippen LogP contribution < -0.4 is 10.1 Å². The van der Waals surface area contributed by atoms with Crippen LogP contribution in [0.15, 0.2) is 48.8 Å². The fraction of sp³-hybridized carbons (Fsp3) is 0.118. The number of thiazole rings is 1. The van der Waals surface area contributed by atoms with Gasteiger partial charge in [-0.1, -0.05) is 29.5 Å². The summed E-state index contributed by atoms with van der Waals surface area (Å²) in [6.07, 6.45) is 3.44. The molecule has 2 heterocycles. The van der Waals surface area contributed by atoms with Crippen LogP contribution in [0.3, 0.4) is 0 Å². The minimum Gasteiger partial charge on any atom is -0.481 e. The molecule has 0 spiro atoms. The molecule has 0 saturated heterocycles. The molecule has 0 saturated carbocycles. The highest BCUT2D eigenvalue weighted by Gasteiger charge is 2.13. The lowest BCUT2D eigenvalue weighted by Gasteiger charge is -2.06. The maximum atomic E-state index is 13.4. The van der Waals surface area contributed by atoms with Crippen LogP contribution in [0.2, 0.25) is 0 Å². The van der Waals surface area contributed by atoms with E-state index >= 15 is 0 Å². The highest BCUT2D eigenvalue weighted by Crippen LogP contribution is 2.32. The molecule has 7 heteroatoms. The van der Waals surface area contributed by atoms with Crippen LogP contribution in [-0.2, 0) is 4.79 Å². The number of aromatic nitrogens is 2. The largest absolute Gasteiger partial charge is 0.481 e. The number of pyridine rings is 1. The van der Waals surface area contributed by atoms with Crippen LogP contribution in [0.4, 0.5) is 9.52 Å². The first-order valence-electron chi connectivity index (χ1n) is 7.18. The Morgan fingerprint density at radius 3 is 2.88 bits per heavy atom. The number of anilines is 1. The molecule has 0 aliphatic heterocycles. The minimum absolute atomic E-state index is 0.0408. The van der Waals surface area contributed by atoms with Crippen LogP contribution in [0.25, 0.3) is 10.4 Å². The predicted molar refractivity (Wildman–Crippen MR) is 90.6 cm³/mol. The van der Waals surface area contributed by atoms with E-state index in [9.17, 15) is 9.18 Å². The van der Waals surface area contributed by atoms with E-state index in [1.807, 2.05) is 19.1 Å². The zero-order chi connectivity index (χ0) is 16.9. The van der Waals surface area contributed by atoms with Crippen LogP contribution in [0, 0.1) is 12.7 Å². The van der Waals surface area contributed by atoms with E-state index in [1.165, 1.54) is 23.5 Å². The van der Waals surface area contributed by atoms with Gasteiger partial charge in [-0.2, -0.15) is 0 Å². The first-order chi connectivity index (χ1) is 11.6. The van der Waals surface area contributed by atoms with Gasteiger partial charge in [0, 0.05) is 18.0 Å². The summed E-state index contributed by atoms with van der Waals surface area (Å²) in [6.45, 7) is 1.58. The standard InChI is InChI=1S/C17H14FN3O2S/c1-11-16(12-5-4-8-19-9-12)24-17(20-11)21-15(22)10-23-14-7-3-2-6-13(14)18/h2-9H,10H2,1H3,(H,20,21,22). The fourth-order valence-corrected chi connectivity index (χ4v) is 3.05. The molecular weight excluding hydrogens is 329 g/mol. The average molecular weight is 343 g/mol. The number of nitrogens with zero attached hydrogens (tertiary/aromatic N) is 2. The lowest BCUT2D eigenvalue weighted by molar-refractivity contribution is -0.118. The number of carbonyl (C=O) groups excluding carboxylic acids is 1. The third kappa shape index (κ3) is 3.75. The van der Waals surface area contributed by atoms with Crippen LogP contribution in [0.1, 0.15) is 5.69 Å².